The molecule has 0 fully saturated rings. The quantitative estimate of drug-likeness (QED) is 0.571. The number of aromatic nitrogens is 2. The maximum Gasteiger partial charge on any atom is 0.305 e. The van der Waals surface area contributed by atoms with Gasteiger partial charge in [-0.05, 0) is 12.8 Å². The lowest BCUT2D eigenvalue weighted by atomic mass is 10.2. The highest BCUT2D eigenvalue weighted by atomic mass is 35.5. The lowest BCUT2D eigenvalue weighted by Crippen LogP contribution is -2.27. The van der Waals surface area contributed by atoms with Crippen molar-refractivity contribution in [1.82, 2.24) is 14.5 Å². The monoisotopic (exact) mass is 323 g/mol. The molecule has 1 aromatic rings. The van der Waals surface area contributed by atoms with Crippen molar-refractivity contribution in [2.45, 2.75) is 30.7 Å². The molecule has 0 aliphatic carbocycles. The lowest BCUT2D eigenvalue weighted by Gasteiger charge is -2.07. The largest absolute Gasteiger partial charge is 0.469 e. The molecule has 1 aromatic heterocycles. The highest BCUT2D eigenvalue weighted by Gasteiger charge is 2.21. The van der Waals surface area contributed by atoms with E-state index in [0.717, 1.165) is 6.42 Å². The second-order valence-electron chi connectivity index (χ2n) is 4.21. The van der Waals surface area contributed by atoms with Gasteiger partial charge < -0.3 is 4.74 Å². The van der Waals surface area contributed by atoms with Gasteiger partial charge >= 0.3 is 5.97 Å². The number of carbonyl (C=O) groups excluding carboxylic acids is 1. The van der Waals surface area contributed by atoms with Crippen LogP contribution in [0, 0.1) is 0 Å². The van der Waals surface area contributed by atoms with Gasteiger partial charge in [0.2, 0.25) is 0 Å². The molecule has 0 aromatic carbocycles. The molecular weight excluding hydrogens is 306 g/mol. The predicted molar refractivity (Wildman–Crippen MR) is 73.9 cm³/mol. The Morgan fingerprint density at radius 2 is 2.15 bits per heavy atom. The molecule has 0 aliphatic rings. The second kappa shape index (κ2) is 7.61. The summed E-state index contributed by atoms with van der Waals surface area (Å²) in [7, 11) is -0.807. The van der Waals surface area contributed by atoms with Crippen LogP contribution in [0.1, 0.15) is 25.7 Å². The number of hydrogen-bond acceptors (Lipinski definition) is 5. The molecule has 0 aliphatic heterocycles. The SMILES string of the molecule is COC(=O)CCCCCNS(=O)(=O)c1c(Cl)cnn1C. The highest BCUT2D eigenvalue weighted by molar-refractivity contribution is 7.89. The van der Waals surface area contributed by atoms with Crippen LogP contribution >= 0.6 is 11.6 Å². The molecule has 7 nitrogen and oxygen atoms in total. The molecule has 0 amide bonds. The molecule has 1 heterocycles. The standard InChI is InChI=1S/C11H18ClN3O4S/c1-15-11(9(12)8-13-15)20(17,18)14-7-5-3-4-6-10(16)19-2/h8,14H,3-7H2,1-2H3. The number of ether oxygens (including phenoxy) is 1. The van der Waals surface area contributed by atoms with Crippen LogP contribution in [0.2, 0.25) is 5.02 Å². The van der Waals surface area contributed by atoms with E-state index in [2.05, 4.69) is 14.6 Å². The van der Waals surface area contributed by atoms with E-state index >= 15 is 0 Å². The van der Waals surface area contributed by atoms with Crippen LogP contribution in [0.5, 0.6) is 0 Å². The van der Waals surface area contributed by atoms with Gasteiger partial charge in [0.15, 0.2) is 5.03 Å². The summed E-state index contributed by atoms with van der Waals surface area (Å²) in [5.41, 5.74) is 0. The fraction of sp³-hybridized carbons (Fsp3) is 0.636. The van der Waals surface area contributed by atoms with Crippen molar-refractivity contribution in [3.05, 3.63) is 11.2 Å². The van der Waals surface area contributed by atoms with E-state index in [-0.39, 0.29) is 22.6 Å². The van der Waals surface area contributed by atoms with Gasteiger partial charge in [-0.3, -0.25) is 9.48 Å². The zero-order chi connectivity index (χ0) is 15.2. The Morgan fingerprint density at radius 3 is 2.70 bits per heavy atom. The number of halogens is 1. The minimum atomic E-state index is -3.66. The molecule has 0 saturated heterocycles. The number of unbranched alkanes of at least 4 members (excludes halogenated alkanes) is 2. The van der Waals surface area contributed by atoms with E-state index in [1.54, 1.807) is 0 Å². The Hall–Kier alpha value is -1.12. The van der Waals surface area contributed by atoms with Crippen LogP contribution in [0.25, 0.3) is 0 Å². The zero-order valence-electron chi connectivity index (χ0n) is 11.4. The summed E-state index contributed by atoms with van der Waals surface area (Å²) in [5.74, 6) is -0.257. The number of rotatable bonds is 8. The van der Waals surface area contributed by atoms with Crippen molar-refractivity contribution in [3.8, 4) is 0 Å². The van der Waals surface area contributed by atoms with Gasteiger partial charge in [0, 0.05) is 20.0 Å². The number of carbonyl (C=O) groups is 1. The van der Waals surface area contributed by atoms with E-state index in [1.165, 1.54) is 25.0 Å². The number of esters is 1. The second-order valence-corrected chi connectivity index (χ2v) is 6.30. The number of nitrogens with zero attached hydrogens (tertiary/aromatic N) is 2. The third-order valence-electron chi connectivity index (χ3n) is 2.67. The summed E-state index contributed by atoms with van der Waals surface area (Å²) in [6.07, 6.45) is 3.66. The van der Waals surface area contributed by atoms with E-state index in [9.17, 15) is 13.2 Å². The first-order valence-electron chi connectivity index (χ1n) is 6.12. The first kappa shape index (κ1) is 16.9. The highest BCUT2D eigenvalue weighted by Crippen LogP contribution is 2.19. The number of nitrogens with one attached hydrogen (secondary N) is 1. The molecule has 0 unspecified atom stereocenters. The first-order chi connectivity index (χ1) is 9.38. The van der Waals surface area contributed by atoms with Crippen LogP contribution in [-0.2, 0) is 26.6 Å². The van der Waals surface area contributed by atoms with Crippen molar-refractivity contribution in [1.29, 1.82) is 0 Å². The number of methoxy groups -OCH3 is 1. The molecule has 0 spiro atoms. The Balaban J connectivity index is 2.37. The van der Waals surface area contributed by atoms with E-state index in [0.29, 0.717) is 19.3 Å². The van der Waals surface area contributed by atoms with Gasteiger partial charge in [0.25, 0.3) is 10.0 Å². The average Bonchev–Trinajstić information content (AvgIpc) is 2.73. The fourth-order valence-corrected chi connectivity index (χ4v) is 3.37. The average molecular weight is 324 g/mol. The molecule has 0 atom stereocenters. The lowest BCUT2D eigenvalue weighted by molar-refractivity contribution is -0.140. The Kier molecular flexibility index (Phi) is 6.44. The molecule has 0 radical (unpaired) electrons. The Bertz CT molecular complexity index is 537. The number of sulfonamides is 1. The van der Waals surface area contributed by atoms with Crippen LogP contribution in [0.3, 0.4) is 0 Å². The van der Waals surface area contributed by atoms with Crippen LogP contribution in [0.4, 0.5) is 0 Å². The molecule has 1 N–H and O–H groups in total. The van der Waals surface area contributed by atoms with Crippen molar-refractivity contribution >= 4 is 27.6 Å². The van der Waals surface area contributed by atoms with Gasteiger partial charge in [-0.1, -0.05) is 18.0 Å². The van der Waals surface area contributed by atoms with Crippen molar-refractivity contribution in [2.24, 2.45) is 7.05 Å². The third-order valence-corrected chi connectivity index (χ3v) is 4.64. The van der Waals surface area contributed by atoms with E-state index in [4.69, 9.17) is 11.6 Å². The van der Waals surface area contributed by atoms with Crippen molar-refractivity contribution in [2.75, 3.05) is 13.7 Å². The third kappa shape index (κ3) is 4.77. The normalized spacial score (nSPS) is 11.6. The van der Waals surface area contributed by atoms with E-state index < -0.39 is 10.0 Å². The van der Waals surface area contributed by atoms with E-state index in [1.807, 2.05) is 0 Å². The Labute approximate surface area is 123 Å². The maximum absolute atomic E-state index is 12.0. The molecule has 1 rings (SSSR count). The molecule has 20 heavy (non-hydrogen) atoms. The van der Waals surface area contributed by atoms with Crippen LogP contribution < -0.4 is 4.72 Å². The minimum absolute atomic E-state index is 0.0475. The summed E-state index contributed by atoms with van der Waals surface area (Å²) in [6, 6.07) is 0. The summed E-state index contributed by atoms with van der Waals surface area (Å²) >= 11 is 5.79. The number of hydrogen-bond donors (Lipinski definition) is 1. The molecule has 0 saturated carbocycles. The van der Waals surface area contributed by atoms with Crippen LogP contribution in [-0.4, -0.2) is 37.8 Å². The molecule has 9 heteroatoms. The zero-order valence-corrected chi connectivity index (χ0v) is 13.0. The van der Waals surface area contributed by atoms with Gasteiger partial charge in [-0.25, -0.2) is 13.1 Å². The van der Waals surface area contributed by atoms with Crippen molar-refractivity contribution in [3.63, 3.8) is 0 Å². The van der Waals surface area contributed by atoms with Crippen LogP contribution in [0.15, 0.2) is 11.2 Å². The summed E-state index contributed by atoms with van der Waals surface area (Å²) < 4.78 is 32.2. The fourth-order valence-electron chi connectivity index (χ4n) is 1.65. The molecule has 0 bridgehead atoms. The van der Waals surface area contributed by atoms with Gasteiger partial charge in [0.1, 0.15) is 0 Å². The number of aryl methyl sites for hydroxylation is 1. The summed E-state index contributed by atoms with van der Waals surface area (Å²) in [4.78, 5) is 10.9. The first-order valence-corrected chi connectivity index (χ1v) is 7.98. The predicted octanol–water partition coefficient (Wildman–Crippen LogP) is 1.09. The topological polar surface area (TPSA) is 90.3 Å². The maximum atomic E-state index is 12.0. The Morgan fingerprint density at radius 1 is 1.45 bits per heavy atom. The molecular formula is C11H18ClN3O4S. The van der Waals surface area contributed by atoms with Gasteiger partial charge in [-0.15, -0.1) is 0 Å². The van der Waals surface area contributed by atoms with Gasteiger partial charge in [-0.2, -0.15) is 5.10 Å². The summed E-state index contributed by atoms with van der Waals surface area (Å²) in [5, 5.41) is 3.82. The van der Waals surface area contributed by atoms with Gasteiger partial charge in [0.05, 0.1) is 18.3 Å². The smallest absolute Gasteiger partial charge is 0.305 e. The summed E-state index contributed by atoms with van der Waals surface area (Å²) in [6.45, 7) is 0.283. The minimum Gasteiger partial charge on any atom is -0.469 e. The molecule has 114 valence electrons. The van der Waals surface area contributed by atoms with Crippen molar-refractivity contribution < 1.29 is 17.9 Å².